The minimum Gasteiger partial charge on any atom is -0.461 e. The van der Waals surface area contributed by atoms with E-state index < -0.39 is 0 Å². The largest absolute Gasteiger partial charge is 0.461 e. The maximum Gasteiger partial charge on any atom is 0.323 e. The Hall–Kier alpha value is -2.22. The summed E-state index contributed by atoms with van der Waals surface area (Å²) in [5.41, 5.74) is 0. The summed E-state index contributed by atoms with van der Waals surface area (Å²) in [5, 5.41) is 2.88. The molecule has 114 valence electrons. The monoisotopic (exact) mass is 292 g/mol. The molecule has 0 saturated carbocycles. The van der Waals surface area contributed by atoms with E-state index >= 15 is 0 Å². The molecular weight excluding hydrogens is 272 g/mol. The number of nitrogens with one attached hydrogen (secondary N) is 1. The molecule has 0 aliphatic rings. The van der Waals surface area contributed by atoms with Gasteiger partial charge in [-0.25, -0.2) is 4.98 Å². The van der Waals surface area contributed by atoms with Crippen LogP contribution < -0.4 is 10.1 Å². The molecule has 8 nitrogen and oxygen atoms in total. The molecule has 21 heavy (non-hydrogen) atoms. The normalized spacial score (nSPS) is 10.9. The molecule has 8 heteroatoms. The fourth-order valence-electron chi connectivity index (χ4n) is 1.53. The van der Waals surface area contributed by atoms with Crippen molar-refractivity contribution in [1.82, 2.24) is 24.5 Å². The summed E-state index contributed by atoms with van der Waals surface area (Å²) in [6, 6.07) is 0.256. The van der Waals surface area contributed by atoms with Crippen LogP contribution in [-0.4, -0.2) is 51.4 Å². The number of aromatic nitrogens is 5. The van der Waals surface area contributed by atoms with Gasteiger partial charge in [0.2, 0.25) is 11.9 Å². The van der Waals surface area contributed by atoms with Gasteiger partial charge in [-0.1, -0.05) is 13.8 Å². The standard InChI is InChI=1S/C13H20N6O2/c1-10(2)8-20-6-7-21-13-17-11(14-3)16-12(18-13)19-5-4-15-9-19/h4-5,9-10H,6-8H2,1-3H3,(H,14,16,17,18). The summed E-state index contributed by atoms with van der Waals surface area (Å²) in [4.78, 5) is 16.6. The number of rotatable bonds is 8. The van der Waals surface area contributed by atoms with E-state index in [9.17, 15) is 0 Å². The summed E-state index contributed by atoms with van der Waals surface area (Å²) >= 11 is 0. The van der Waals surface area contributed by atoms with Gasteiger partial charge in [-0.05, 0) is 5.92 Å². The van der Waals surface area contributed by atoms with Gasteiger partial charge in [0.15, 0.2) is 0 Å². The van der Waals surface area contributed by atoms with Crippen LogP contribution >= 0.6 is 0 Å². The van der Waals surface area contributed by atoms with E-state index in [1.807, 2.05) is 0 Å². The Balaban J connectivity index is 1.97. The molecule has 0 fully saturated rings. The van der Waals surface area contributed by atoms with Gasteiger partial charge in [-0.15, -0.1) is 0 Å². The van der Waals surface area contributed by atoms with Crippen LogP contribution in [0.3, 0.4) is 0 Å². The zero-order valence-electron chi connectivity index (χ0n) is 12.5. The maximum atomic E-state index is 5.51. The topological polar surface area (TPSA) is 87.0 Å². The Kier molecular flexibility index (Phi) is 5.44. The van der Waals surface area contributed by atoms with Gasteiger partial charge in [-0.2, -0.15) is 15.0 Å². The van der Waals surface area contributed by atoms with Crippen LogP contribution in [0.4, 0.5) is 5.95 Å². The van der Waals surface area contributed by atoms with Gasteiger partial charge in [0, 0.05) is 26.0 Å². The predicted octanol–water partition coefficient (Wildman–Crippen LogP) is 1.15. The lowest BCUT2D eigenvalue weighted by Gasteiger charge is -2.09. The molecule has 0 radical (unpaired) electrons. The molecule has 1 N–H and O–H groups in total. The van der Waals surface area contributed by atoms with Gasteiger partial charge in [0.25, 0.3) is 0 Å². The third kappa shape index (κ3) is 4.67. The summed E-state index contributed by atoms with van der Waals surface area (Å²) in [6.07, 6.45) is 5.03. The Morgan fingerprint density at radius 2 is 2.10 bits per heavy atom. The van der Waals surface area contributed by atoms with Crippen molar-refractivity contribution < 1.29 is 9.47 Å². The molecule has 0 saturated heterocycles. The van der Waals surface area contributed by atoms with E-state index in [1.54, 1.807) is 30.3 Å². The second-order valence-electron chi connectivity index (χ2n) is 4.78. The van der Waals surface area contributed by atoms with Crippen molar-refractivity contribution >= 4 is 5.95 Å². The minimum absolute atomic E-state index is 0.256. The summed E-state index contributed by atoms with van der Waals surface area (Å²) < 4.78 is 12.6. The zero-order valence-corrected chi connectivity index (χ0v) is 12.5. The van der Waals surface area contributed by atoms with Crippen molar-refractivity contribution in [3.63, 3.8) is 0 Å². The number of imidazole rings is 1. The number of ether oxygens (including phenoxy) is 2. The van der Waals surface area contributed by atoms with Gasteiger partial charge in [0.1, 0.15) is 12.9 Å². The molecule has 0 atom stereocenters. The van der Waals surface area contributed by atoms with Crippen molar-refractivity contribution in [3.8, 4) is 12.0 Å². The third-order valence-electron chi connectivity index (χ3n) is 2.47. The van der Waals surface area contributed by atoms with E-state index in [4.69, 9.17) is 9.47 Å². The first kappa shape index (κ1) is 15.2. The number of hydrogen-bond acceptors (Lipinski definition) is 7. The Morgan fingerprint density at radius 3 is 2.76 bits per heavy atom. The first-order valence-electron chi connectivity index (χ1n) is 6.81. The molecule has 0 bridgehead atoms. The number of nitrogens with zero attached hydrogens (tertiary/aromatic N) is 5. The van der Waals surface area contributed by atoms with E-state index in [-0.39, 0.29) is 6.01 Å². The lowest BCUT2D eigenvalue weighted by molar-refractivity contribution is 0.0791. The summed E-state index contributed by atoms with van der Waals surface area (Å²) in [7, 11) is 1.74. The molecule has 2 rings (SSSR count). The molecule has 0 spiro atoms. The number of hydrogen-bond donors (Lipinski definition) is 1. The Labute approximate surface area is 123 Å². The van der Waals surface area contributed by atoms with Crippen LogP contribution in [0.15, 0.2) is 18.7 Å². The first-order valence-corrected chi connectivity index (χ1v) is 6.81. The highest BCUT2D eigenvalue weighted by Gasteiger charge is 2.08. The highest BCUT2D eigenvalue weighted by molar-refractivity contribution is 5.29. The molecule has 0 aliphatic heterocycles. The molecule has 2 heterocycles. The Bertz CT molecular complexity index is 544. The average molecular weight is 292 g/mol. The van der Waals surface area contributed by atoms with Gasteiger partial charge in [0.05, 0.1) is 6.61 Å². The predicted molar refractivity (Wildman–Crippen MR) is 77.6 cm³/mol. The molecule has 2 aromatic rings. The lowest BCUT2D eigenvalue weighted by Crippen LogP contribution is -2.13. The van der Waals surface area contributed by atoms with Crippen LogP contribution in [0.25, 0.3) is 5.95 Å². The second kappa shape index (κ2) is 7.53. The quantitative estimate of drug-likeness (QED) is 0.730. The average Bonchev–Trinajstić information content (AvgIpc) is 3.00. The Morgan fingerprint density at radius 1 is 1.24 bits per heavy atom. The first-order chi connectivity index (χ1) is 10.2. The van der Waals surface area contributed by atoms with Crippen LogP contribution in [0.1, 0.15) is 13.8 Å². The van der Waals surface area contributed by atoms with Crippen molar-refractivity contribution in [3.05, 3.63) is 18.7 Å². The van der Waals surface area contributed by atoms with E-state index in [1.165, 1.54) is 0 Å². The number of anilines is 1. The van der Waals surface area contributed by atoms with Gasteiger partial charge in [-0.3, -0.25) is 4.57 Å². The van der Waals surface area contributed by atoms with Crippen molar-refractivity contribution in [2.24, 2.45) is 5.92 Å². The van der Waals surface area contributed by atoms with Gasteiger partial charge < -0.3 is 14.8 Å². The lowest BCUT2D eigenvalue weighted by atomic mass is 10.2. The SMILES string of the molecule is CNc1nc(OCCOCC(C)C)nc(-n2ccnc2)n1. The smallest absolute Gasteiger partial charge is 0.323 e. The molecule has 0 amide bonds. The minimum atomic E-state index is 0.256. The zero-order chi connectivity index (χ0) is 15.1. The van der Waals surface area contributed by atoms with Crippen molar-refractivity contribution in [1.29, 1.82) is 0 Å². The summed E-state index contributed by atoms with van der Waals surface area (Å²) in [6.45, 7) is 5.80. The highest BCUT2D eigenvalue weighted by atomic mass is 16.5. The van der Waals surface area contributed by atoms with E-state index in [0.717, 1.165) is 0 Å². The summed E-state index contributed by atoms with van der Waals surface area (Å²) in [5.74, 6) is 1.39. The van der Waals surface area contributed by atoms with E-state index in [0.29, 0.717) is 37.6 Å². The third-order valence-corrected chi connectivity index (χ3v) is 2.47. The maximum absolute atomic E-state index is 5.51. The molecule has 0 unspecified atom stereocenters. The van der Waals surface area contributed by atoms with Crippen LogP contribution in [0, 0.1) is 5.92 Å². The second-order valence-corrected chi connectivity index (χ2v) is 4.78. The van der Waals surface area contributed by atoms with Crippen LogP contribution in [-0.2, 0) is 4.74 Å². The van der Waals surface area contributed by atoms with Crippen molar-refractivity contribution in [2.45, 2.75) is 13.8 Å². The molecule has 0 aliphatic carbocycles. The molecular formula is C13H20N6O2. The van der Waals surface area contributed by atoms with E-state index in [2.05, 4.69) is 39.1 Å². The molecule has 0 aromatic carbocycles. The van der Waals surface area contributed by atoms with Crippen molar-refractivity contribution in [2.75, 3.05) is 32.2 Å². The fourth-order valence-corrected chi connectivity index (χ4v) is 1.53. The van der Waals surface area contributed by atoms with Crippen LogP contribution in [0.5, 0.6) is 6.01 Å². The van der Waals surface area contributed by atoms with Gasteiger partial charge >= 0.3 is 6.01 Å². The fraction of sp³-hybridized carbons (Fsp3) is 0.538. The highest BCUT2D eigenvalue weighted by Crippen LogP contribution is 2.10. The van der Waals surface area contributed by atoms with Crippen LogP contribution in [0.2, 0.25) is 0 Å². The molecule has 2 aromatic heterocycles.